The largest absolute Gasteiger partial charge is 0.482 e. The van der Waals surface area contributed by atoms with Crippen molar-refractivity contribution < 1.29 is 14.3 Å². The molecule has 2 aliphatic rings. The molecule has 2 fully saturated rings. The highest BCUT2D eigenvalue weighted by Gasteiger charge is 2.21. The number of nitrogens with zero attached hydrogens (tertiary/aromatic N) is 1. The van der Waals surface area contributed by atoms with E-state index in [1.807, 2.05) is 12.1 Å². The fourth-order valence-electron chi connectivity index (χ4n) is 3.72. The Morgan fingerprint density at radius 3 is 2.36 bits per heavy atom. The van der Waals surface area contributed by atoms with Crippen LogP contribution in [-0.4, -0.2) is 58.5 Å². The van der Waals surface area contributed by atoms with E-state index in [0.29, 0.717) is 11.8 Å². The minimum absolute atomic E-state index is 0. The lowest BCUT2D eigenvalue weighted by atomic mass is 9.96. The first kappa shape index (κ1) is 24.8. The standard InChI is InChI=1S/C20H31N3O3.2ClH/c1-25-20(24)15-26-19-4-2-18(3-5-19)23-12-8-17(9-13-23)22-14-16-6-10-21-11-7-16;;/h2-5,16-17,21-22H,6-15H2,1H3;2*1H. The Morgan fingerprint density at radius 2 is 1.75 bits per heavy atom. The Balaban J connectivity index is 0.00000196. The Bertz CT molecular complexity index is 560. The molecule has 8 heteroatoms. The molecule has 2 saturated heterocycles. The van der Waals surface area contributed by atoms with Crippen LogP contribution in [0, 0.1) is 5.92 Å². The van der Waals surface area contributed by atoms with Crippen molar-refractivity contribution in [3.05, 3.63) is 24.3 Å². The molecule has 1 aromatic rings. The molecule has 6 nitrogen and oxygen atoms in total. The van der Waals surface area contributed by atoms with Gasteiger partial charge in [-0.15, -0.1) is 24.8 Å². The molecule has 0 bridgehead atoms. The number of hydrogen-bond donors (Lipinski definition) is 2. The summed E-state index contributed by atoms with van der Waals surface area (Å²) in [6, 6.07) is 8.60. The van der Waals surface area contributed by atoms with Gasteiger partial charge in [-0.3, -0.25) is 0 Å². The number of ether oxygens (including phenoxy) is 2. The minimum atomic E-state index is -0.367. The van der Waals surface area contributed by atoms with Gasteiger partial charge < -0.3 is 25.0 Å². The second-order valence-corrected chi connectivity index (χ2v) is 7.22. The Hall–Kier alpha value is -1.21. The Kier molecular flexibility index (Phi) is 11.6. The van der Waals surface area contributed by atoms with Crippen LogP contribution in [0.5, 0.6) is 5.75 Å². The van der Waals surface area contributed by atoms with E-state index in [9.17, 15) is 4.79 Å². The monoisotopic (exact) mass is 433 g/mol. The van der Waals surface area contributed by atoms with Crippen LogP contribution in [0.4, 0.5) is 5.69 Å². The molecular formula is C20H33Cl2N3O3. The molecule has 160 valence electrons. The lowest BCUT2D eigenvalue weighted by Crippen LogP contribution is -2.45. The molecule has 2 heterocycles. The zero-order chi connectivity index (χ0) is 18.2. The lowest BCUT2D eigenvalue weighted by Gasteiger charge is -2.35. The van der Waals surface area contributed by atoms with Gasteiger partial charge in [0.2, 0.25) is 0 Å². The van der Waals surface area contributed by atoms with Crippen LogP contribution >= 0.6 is 24.8 Å². The number of hydrogen-bond acceptors (Lipinski definition) is 6. The summed E-state index contributed by atoms with van der Waals surface area (Å²) in [5, 5.41) is 7.22. The number of carbonyl (C=O) groups excluding carboxylic acids is 1. The molecule has 0 unspecified atom stereocenters. The van der Waals surface area contributed by atoms with Gasteiger partial charge in [0.1, 0.15) is 5.75 Å². The smallest absolute Gasteiger partial charge is 0.343 e. The number of rotatable bonds is 7. The molecule has 0 aromatic heterocycles. The van der Waals surface area contributed by atoms with Gasteiger partial charge in [-0.2, -0.15) is 0 Å². The summed E-state index contributed by atoms with van der Waals surface area (Å²) in [6.07, 6.45) is 4.98. The molecule has 28 heavy (non-hydrogen) atoms. The number of nitrogens with one attached hydrogen (secondary N) is 2. The number of anilines is 1. The maximum atomic E-state index is 11.1. The molecule has 3 rings (SSSR count). The van der Waals surface area contributed by atoms with Gasteiger partial charge in [-0.05, 0) is 75.5 Å². The van der Waals surface area contributed by atoms with Gasteiger partial charge in [0.25, 0.3) is 0 Å². The van der Waals surface area contributed by atoms with E-state index < -0.39 is 0 Å². The van der Waals surface area contributed by atoms with Gasteiger partial charge in [-0.1, -0.05) is 0 Å². The van der Waals surface area contributed by atoms with E-state index in [1.54, 1.807) is 0 Å². The van der Waals surface area contributed by atoms with E-state index >= 15 is 0 Å². The second-order valence-electron chi connectivity index (χ2n) is 7.22. The first-order valence-electron chi connectivity index (χ1n) is 9.73. The summed E-state index contributed by atoms with van der Waals surface area (Å²) in [4.78, 5) is 13.5. The minimum Gasteiger partial charge on any atom is -0.482 e. The topological polar surface area (TPSA) is 62.8 Å². The van der Waals surface area contributed by atoms with Gasteiger partial charge in [0.15, 0.2) is 6.61 Å². The number of benzene rings is 1. The molecule has 0 atom stereocenters. The van der Waals surface area contributed by atoms with Crippen molar-refractivity contribution >= 4 is 36.5 Å². The van der Waals surface area contributed by atoms with Crippen molar-refractivity contribution in [1.29, 1.82) is 0 Å². The predicted octanol–water partition coefficient (Wildman–Crippen LogP) is 2.64. The lowest BCUT2D eigenvalue weighted by molar-refractivity contribution is -0.142. The molecular weight excluding hydrogens is 401 g/mol. The number of esters is 1. The van der Waals surface area contributed by atoms with E-state index in [0.717, 1.165) is 19.0 Å². The normalized spacial score (nSPS) is 18.0. The fraction of sp³-hybridized carbons (Fsp3) is 0.650. The van der Waals surface area contributed by atoms with Crippen molar-refractivity contribution in [2.45, 2.75) is 31.7 Å². The van der Waals surface area contributed by atoms with E-state index in [2.05, 4.69) is 32.4 Å². The first-order chi connectivity index (χ1) is 12.7. The van der Waals surface area contributed by atoms with E-state index in [4.69, 9.17) is 4.74 Å². The van der Waals surface area contributed by atoms with Crippen LogP contribution in [0.2, 0.25) is 0 Å². The predicted molar refractivity (Wildman–Crippen MR) is 117 cm³/mol. The highest BCUT2D eigenvalue weighted by Crippen LogP contribution is 2.23. The summed E-state index contributed by atoms with van der Waals surface area (Å²) < 4.78 is 9.98. The molecule has 0 saturated carbocycles. The zero-order valence-corrected chi connectivity index (χ0v) is 18.2. The number of halogens is 2. The third-order valence-corrected chi connectivity index (χ3v) is 5.44. The van der Waals surface area contributed by atoms with E-state index in [1.165, 1.54) is 58.1 Å². The van der Waals surface area contributed by atoms with Crippen molar-refractivity contribution in [2.75, 3.05) is 51.3 Å². The van der Waals surface area contributed by atoms with Crippen molar-refractivity contribution in [3.8, 4) is 5.75 Å². The number of methoxy groups -OCH3 is 1. The molecule has 0 radical (unpaired) electrons. The Morgan fingerprint density at radius 1 is 1.11 bits per heavy atom. The summed E-state index contributed by atoms with van der Waals surface area (Å²) in [5.41, 5.74) is 1.22. The molecule has 2 aliphatic heterocycles. The molecule has 0 amide bonds. The van der Waals surface area contributed by atoms with Crippen LogP contribution in [0.1, 0.15) is 25.7 Å². The Labute approximate surface area is 180 Å². The highest BCUT2D eigenvalue weighted by atomic mass is 35.5. The van der Waals surface area contributed by atoms with Crippen molar-refractivity contribution in [2.24, 2.45) is 5.92 Å². The van der Waals surface area contributed by atoms with Gasteiger partial charge in [0, 0.05) is 24.8 Å². The molecule has 1 aromatic carbocycles. The highest BCUT2D eigenvalue weighted by molar-refractivity contribution is 5.85. The third kappa shape index (κ3) is 7.66. The summed E-state index contributed by atoms with van der Waals surface area (Å²) in [5.74, 6) is 1.16. The first-order valence-corrected chi connectivity index (χ1v) is 9.73. The van der Waals surface area contributed by atoms with Crippen molar-refractivity contribution in [1.82, 2.24) is 10.6 Å². The SMILES string of the molecule is COC(=O)COc1ccc(N2CCC(NCC3CCNCC3)CC2)cc1.Cl.Cl. The van der Waals surface area contributed by atoms with Crippen molar-refractivity contribution in [3.63, 3.8) is 0 Å². The average Bonchev–Trinajstić information content (AvgIpc) is 2.72. The van der Waals surface area contributed by atoms with Crippen LogP contribution in [0.3, 0.4) is 0 Å². The van der Waals surface area contributed by atoms with Crippen LogP contribution < -0.4 is 20.3 Å². The average molecular weight is 434 g/mol. The van der Waals surface area contributed by atoms with Gasteiger partial charge in [-0.25, -0.2) is 4.79 Å². The fourth-order valence-corrected chi connectivity index (χ4v) is 3.72. The second kappa shape index (κ2) is 13.1. The maximum absolute atomic E-state index is 11.1. The van der Waals surface area contributed by atoms with Crippen LogP contribution in [0.25, 0.3) is 0 Å². The molecule has 0 spiro atoms. The maximum Gasteiger partial charge on any atom is 0.343 e. The van der Waals surface area contributed by atoms with Gasteiger partial charge in [0.05, 0.1) is 7.11 Å². The van der Waals surface area contributed by atoms with E-state index in [-0.39, 0.29) is 37.4 Å². The number of piperidine rings is 2. The quantitative estimate of drug-likeness (QED) is 0.644. The zero-order valence-electron chi connectivity index (χ0n) is 16.5. The van der Waals surface area contributed by atoms with Gasteiger partial charge >= 0.3 is 5.97 Å². The third-order valence-electron chi connectivity index (χ3n) is 5.44. The van der Waals surface area contributed by atoms with Crippen LogP contribution in [-0.2, 0) is 9.53 Å². The molecule has 2 N–H and O–H groups in total. The number of carbonyl (C=O) groups is 1. The molecule has 0 aliphatic carbocycles. The summed E-state index contributed by atoms with van der Waals surface area (Å²) in [6.45, 7) is 5.61. The summed E-state index contributed by atoms with van der Waals surface area (Å²) >= 11 is 0. The summed E-state index contributed by atoms with van der Waals surface area (Å²) in [7, 11) is 1.36. The van der Waals surface area contributed by atoms with Crippen LogP contribution in [0.15, 0.2) is 24.3 Å².